The number of benzene rings is 1. The van der Waals surface area contributed by atoms with Crippen LogP contribution in [0.15, 0.2) is 52.2 Å². The molecule has 170 valence electrons. The van der Waals surface area contributed by atoms with Crippen LogP contribution in [0, 0.1) is 0 Å². The lowest BCUT2D eigenvalue weighted by Crippen LogP contribution is -2.36. The van der Waals surface area contributed by atoms with Crippen LogP contribution in [0.1, 0.15) is 27.2 Å². The number of carbonyl (C=O) groups is 1. The molecule has 3 heterocycles. The topological polar surface area (TPSA) is 106 Å². The van der Waals surface area contributed by atoms with E-state index in [9.17, 15) is 13.2 Å². The number of nitrogens with one attached hydrogen (secondary N) is 1. The van der Waals surface area contributed by atoms with Gasteiger partial charge in [0, 0.05) is 19.1 Å². The predicted octanol–water partition coefficient (Wildman–Crippen LogP) is 3.85. The number of fused-ring (bicyclic) bond motifs is 1. The highest BCUT2D eigenvalue weighted by Crippen LogP contribution is 2.31. The van der Waals surface area contributed by atoms with Gasteiger partial charge < -0.3 is 15.0 Å². The fourth-order valence-corrected chi connectivity index (χ4v) is 5.90. The Morgan fingerprint density at radius 1 is 1.22 bits per heavy atom. The van der Waals surface area contributed by atoms with Crippen LogP contribution in [-0.2, 0) is 14.8 Å². The molecule has 0 aliphatic carbocycles. The molecule has 2 aromatic heterocycles. The maximum absolute atomic E-state index is 13.2. The number of likely N-dealkylation sites (tertiary alicyclic amines) is 1. The third-order valence-electron chi connectivity index (χ3n) is 4.97. The van der Waals surface area contributed by atoms with Crippen LogP contribution in [0.3, 0.4) is 0 Å². The van der Waals surface area contributed by atoms with E-state index in [1.54, 1.807) is 29.2 Å². The number of hydrogen-bond acceptors (Lipinski definition) is 7. The number of ether oxygens (including phenoxy) is 1. The van der Waals surface area contributed by atoms with Crippen LogP contribution in [0.2, 0.25) is 0 Å². The highest BCUT2D eigenvalue weighted by atomic mass is 79.9. The van der Waals surface area contributed by atoms with Gasteiger partial charge in [-0.15, -0.1) is 0 Å². The van der Waals surface area contributed by atoms with Gasteiger partial charge in [0.15, 0.2) is 5.65 Å². The molecule has 1 fully saturated rings. The van der Waals surface area contributed by atoms with Crippen molar-refractivity contribution in [1.82, 2.24) is 18.8 Å². The van der Waals surface area contributed by atoms with Crippen LogP contribution in [0.5, 0.6) is 0 Å². The van der Waals surface area contributed by atoms with Gasteiger partial charge in [-0.2, -0.15) is 0 Å². The van der Waals surface area contributed by atoms with E-state index < -0.39 is 15.6 Å². The summed E-state index contributed by atoms with van der Waals surface area (Å²) in [5, 5.41) is 3.90. The predicted molar refractivity (Wildman–Crippen MR) is 124 cm³/mol. The van der Waals surface area contributed by atoms with Gasteiger partial charge >= 0.3 is 6.09 Å². The maximum Gasteiger partial charge on any atom is 0.410 e. The summed E-state index contributed by atoms with van der Waals surface area (Å²) in [7, 11) is -3.85. The second kappa shape index (κ2) is 8.36. The first-order chi connectivity index (χ1) is 15.1. The van der Waals surface area contributed by atoms with Gasteiger partial charge in [-0.3, -0.25) is 0 Å². The molecule has 3 aromatic rings. The van der Waals surface area contributed by atoms with E-state index in [-0.39, 0.29) is 22.7 Å². The number of halogens is 1. The minimum atomic E-state index is -3.85. The Bertz CT molecular complexity index is 1250. The molecule has 1 aliphatic heterocycles. The lowest BCUT2D eigenvalue weighted by Gasteiger charge is -2.24. The average Bonchev–Trinajstić information content (AvgIpc) is 3.32. The normalized spacial score (nSPS) is 17.0. The van der Waals surface area contributed by atoms with Crippen molar-refractivity contribution in [3.63, 3.8) is 0 Å². The van der Waals surface area contributed by atoms with Crippen molar-refractivity contribution in [3.8, 4) is 0 Å². The van der Waals surface area contributed by atoms with Crippen molar-refractivity contribution < 1.29 is 17.9 Å². The largest absolute Gasteiger partial charge is 0.444 e. The van der Waals surface area contributed by atoms with Crippen molar-refractivity contribution in [1.29, 1.82) is 0 Å². The van der Waals surface area contributed by atoms with Gasteiger partial charge in [0.05, 0.1) is 10.3 Å². The van der Waals surface area contributed by atoms with Crippen LogP contribution in [0.4, 0.5) is 10.6 Å². The Labute approximate surface area is 195 Å². The molecule has 0 spiro atoms. The van der Waals surface area contributed by atoms with E-state index >= 15 is 0 Å². The molecular formula is C21H24BrN5O4S. The SMILES string of the molecule is CC(C)(C)OC(=O)N1CCC(Nc2ncnc3c2cc(Br)n3S(=O)(=O)c2ccccc2)C1. The van der Waals surface area contributed by atoms with Gasteiger partial charge in [0.25, 0.3) is 10.0 Å². The molecule has 4 rings (SSSR count). The van der Waals surface area contributed by atoms with Crippen molar-refractivity contribution in [2.24, 2.45) is 0 Å². The monoisotopic (exact) mass is 521 g/mol. The van der Waals surface area contributed by atoms with Crippen molar-refractivity contribution in [2.75, 3.05) is 18.4 Å². The zero-order valence-corrected chi connectivity index (χ0v) is 20.4. The van der Waals surface area contributed by atoms with Crippen molar-refractivity contribution in [2.45, 2.75) is 43.7 Å². The molecule has 9 nitrogen and oxygen atoms in total. The summed E-state index contributed by atoms with van der Waals surface area (Å²) in [6.07, 6.45) is 1.70. The number of amides is 1. The second-order valence-corrected chi connectivity index (χ2v) is 11.2. The van der Waals surface area contributed by atoms with Gasteiger partial charge in [-0.1, -0.05) is 18.2 Å². The summed E-state index contributed by atoms with van der Waals surface area (Å²) in [4.78, 5) is 22.7. The lowest BCUT2D eigenvalue weighted by atomic mass is 10.2. The molecule has 0 bridgehead atoms. The average molecular weight is 522 g/mol. The number of hydrogen-bond donors (Lipinski definition) is 1. The molecule has 1 aromatic carbocycles. The highest BCUT2D eigenvalue weighted by Gasteiger charge is 2.31. The summed E-state index contributed by atoms with van der Waals surface area (Å²) >= 11 is 3.36. The minimum absolute atomic E-state index is 0.0477. The van der Waals surface area contributed by atoms with Crippen LogP contribution < -0.4 is 5.32 Å². The molecule has 1 amide bonds. The van der Waals surface area contributed by atoms with E-state index in [0.29, 0.717) is 28.9 Å². The summed E-state index contributed by atoms with van der Waals surface area (Å²) in [6.45, 7) is 6.53. The van der Waals surface area contributed by atoms with E-state index in [2.05, 4.69) is 31.2 Å². The molecule has 0 radical (unpaired) electrons. The molecular weight excluding hydrogens is 498 g/mol. The number of rotatable bonds is 4. The fraction of sp³-hybridized carbons (Fsp3) is 0.381. The molecule has 1 N–H and O–H groups in total. The molecule has 1 unspecified atom stereocenters. The summed E-state index contributed by atoms with van der Waals surface area (Å²) in [6, 6.07) is 9.81. The minimum Gasteiger partial charge on any atom is -0.444 e. The van der Waals surface area contributed by atoms with Crippen LogP contribution in [0.25, 0.3) is 11.0 Å². The summed E-state index contributed by atoms with van der Waals surface area (Å²) in [5.41, 5.74) is -0.291. The smallest absolute Gasteiger partial charge is 0.410 e. The Kier molecular flexibility index (Phi) is 5.89. The Hall–Kier alpha value is -2.66. The van der Waals surface area contributed by atoms with Crippen molar-refractivity contribution >= 4 is 48.9 Å². The molecule has 1 aliphatic rings. The summed E-state index contributed by atoms with van der Waals surface area (Å²) < 4.78 is 33.4. The summed E-state index contributed by atoms with van der Waals surface area (Å²) in [5.74, 6) is 0.508. The quantitative estimate of drug-likeness (QED) is 0.555. The zero-order chi connectivity index (χ0) is 23.1. The molecule has 1 saturated heterocycles. The van der Waals surface area contributed by atoms with E-state index in [1.165, 1.54) is 18.5 Å². The van der Waals surface area contributed by atoms with E-state index in [0.717, 1.165) is 10.4 Å². The Balaban J connectivity index is 1.60. The number of carbonyl (C=O) groups excluding carboxylic acids is 1. The molecule has 0 saturated carbocycles. The van der Waals surface area contributed by atoms with Crippen LogP contribution >= 0.6 is 15.9 Å². The number of anilines is 1. The van der Waals surface area contributed by atoms with Crippen LogP contribution in [-0.4, -0.2) is 58.1 Å². The number of aromatic nitrogens is 3. The number of nitrogens with zero attached hydrogens (tertiary/aromatic N) is 4. The highest BCUT2D eigenvalue weighted by molar-refractivity contribution is 9.10. The van der Waals surface area contributed by atoms with Gasteiger partial charge in [-0.25, -0.2) is 27.2 Å². The maximum atomic E-state index is 13.2. The standard InChI is InChI=1S/C21H24BrN5O4S/c1-21(2,3)31-20(28)26-10-9-14(12-26)25-18-16-11-17(22)27(19(16)24-13-23-18)32(29,30)15-7-5-4-6-8-15/h4-8,11,13-14H,9-10,12H2,1-3H3,(H,23,24,25). The second-order valence-electron chi connectivity index (χ2n) is 8.57. The first-order valence-corrected chi connectivity index (χ1v) is 12.4. The zero-order valence-electron chi connectivity index (χ0n) is 17.9. The third-order valence-corrected chi connectivity index (χ3v) is 7.51. The Morgan fingerprint density at radius 2 is 1.94 bits per heavy atom. The Morgan fingerprint density at radius 3 is 2.62 bits per heavy atom. The van der Waals surface area contributed by atoms with E-state index in [1.807, 2.05) is 20.8 Å². The third kappa shape index (κ3) is 4.44. The molecule has 32 heavy (non-hydrogen) atoms. The van der Waals surface area contributed by atoms with Gasteiger partial charge in [0.1, 0.15) is 22.3 Å². The molecule has 11 heteroatoms. The van der Waals surface area contributed by atoms with E-state index in [4.69, 9.17) is 4.74 Å². The first-order valence-electron chi connectivity index (χ1n) is 10.1. The molecule has 1 atom stereocenters. The fourth-order valence-electron chi connectivity index (χ4n) is 3.57. The lowest BCUT2D eigenvalue weighted by molar-refractivity contribution is 0.0293. The van der Waals surface area contributed by atoms with Crippen molar-refractivity contribution in [3.05, 3.63) is 47.3 Å². The van der Waals surface area contributed by atoms with Gasteiger partial charge in [0.2, 0.25) is 0 Å². The van der Waals surface area contributed by atoms with Gasteiger partial charge in [-0.05, 0) is 61.3 Å². The first kappa shape index (κ1) is 22.5.